The van der Waals surface area contributed by atoms with Crippen molar-refractivity contribution in [1.82, 2.24) is 4.98 Å². The first-order valence-electron chi connectivity index (χ1n) is 6.66. The number of nitrogens with two attached hydrogens (primary N) is 1. The SMILES string of the molecule is CCCC(CC)Nc1ccc2ncccc2c1N. The number of nitrogens with zero attached hydrogens (tertiary/aromatic N) is 1. The molecule has 1 aromatic carbocycles. The van der Waals surface area contributed by atoms with Crippen LogP contribution in [-0.2, 0) is 0 Å². The van der Waals surface area contributed by atoms with Crippen molar-refractivity contribution in [1.29, 1.82) is 0 Å². The fourth-order valence-corrected chi connectivity index (χ4v) is 2.25. The first-order chi connectivity index (χ1) is 8.76. The van der Waals surface area contributed by atoms with Gasteiger partial charge >= 0.3 is 0 Å². The van der Waals surface area contributed by atoms with Crippen LogP contribution in [0.4, 0.5) is 11.4 Å². The number of pyridine rings is 1. The van der Waals surface area contributed by atoms with E-state index in [1.165, 1.54) is 12.8 Å². The van der Waals surface area contributed by atoms with Gasteiger partial charge in [-0.25, -0.2) is 0 Å². The largest absolute Gasteiger partial charge is 0.397 e. The number of benzene rings is 1. The van der Waals surface area contributed by atoms with E-state index >= 15 is 0 Å². The summed E-state index contributed by atoms with van der Waals surface area (Å²) in [6, 6.07) is 8.48. The molecule has 0 bridgehead atoms. The van der Waals surface area contributed by atoms with Crippen LogP contribution in [0.15, 0.2) is 30.5 Å². The van der Waals surface area contributed by atoms with Gasteiger partial charge in [0.25, 0.3) is 0 Å². The predicted molar refractivity (Wildman–Crippen MR) is 78.8 cm³/mol. The molecule has 1 atom stereocenters. The molecule has 1 heterocycles. The van der Waals surface area contributed by atoms with Crippen LogP contribution in [0.2, 0.25) is 0 Å². The molecule has 96 valence electrons. The van der Waals surface area contributed by atoms with Gasteiger partial charge in [0.1, 0.15) is 0 Å². The van der Waals surface area contributed by atoms with Crippen molar-refractivity contribution in [3.05, 3.63) is 30.5 Å². The van der Waals surface area contributed by atoms with Crippen LogP contribution in [0.1, 0.15) is 33.1 Å². The van der Waals surface area contributed by atoms with Gasteiger partial charge in [0, 0.05) is 17.6 Å². The molecule has 2 rings (SSSR count). The predicted octanol–water partition coefficient (Wildman–Crippen LogP) is 3.81. The maximum absolute atomic E-state index is 6.22. The molecular weight excluding hydrogens is 222 g/mol. The molecule has 0 saturated heterocycles. The van der Waals surface area contributed by atoms with Crippen molar-refractivity contribution >= 4 is 22.3 Å². The number of aromatic nitrogens is 1. The summed E-state index contributed by atoms with van der Waals surface area (Å²) in [7, 11) is 0. The normalized spacial score (nSPS) is 12.6. The molecule has 0 amide bonds. The van der Waals surface area contributed by atoms with Crippen LogP contribution >= 0.6 is 0 Å². The van der Waals surface area contributed by atoms with Crippen LogP contribution in [0.5, 0.6) is 0 Å². The van der Waals surface area contributed by atoms with Gasteiger partial charge in [-0.3, -0.25) is 4.98 Å². The lowest BCUT2D eigenvalue weighted by atomic mass is 10.1. The van der Waals surface area contributed by atoms with E-state index in [-0.39, 0.29) is 0 Å². The summed E-state index contributed by atoms with van der Waals surface area (Å²) in [4.78, 5) is 4.31. The minimum atomic E-state index is 0.492. The van der Waals surface area contributed by atoms with Crippen molar-refractivity contribution < 1.29 is 0 Å². The molecule has 1 unspecified atom stereocenters. The number of nitrogen functional groups attached to an aromatic ring is 1. The number of rotatable bonds is 5. The van der Waals surface area contributed by atoms with Gasteiger partial charge in [0.15, 0.2) is 0 Å². The van der Waals surface area contributed by atoms with Gasteiger partial charge in [-0.15, -0.1) is 0 Å². The molecule has 3 nitrogen and oxygen atoms in total. The summed E-state index contributed by atoms with van der Waals surface area (Å²) in [5, 5.41) is 4.56. The van der Waals surface area contributed by atoms with Crippen molar-refractivity contribution in [3.8, 4) is 0 Å². The lowest BCUT2D eigenvalue weighted by molar-refractivity contribution is 0.623. The van der Waals surface area contributed by atoms with Crippen LogP contribution in [0, 0.1) is 0 Å². The van der Waals surface area contributed by atoms with Crippen molar-refractivity contribution in [2.24, 2.45) is 0 Å². The average Bonchev–Trinajstić information content (AvgIpc) is 2.41. The Hall–Kier alpha value is -1.77. The number of anilines is 2. The summed E-state index contributed by atoms with van der Waals surface area (Å²) < 4.78 is 0. The van der Waals surface area contributed by atoms with Crippen molar-refractivity contribution in [3.63, 3.8) is 0 Å². The third-order valence-corrected chi connectivity index (χ3v) is 3.32. The topological polar surface area (TPSA) is 50.9 Å². The Kier molecular flexibility index (Phi) is 4.03. The van der Waals surface area contributed by atoms with E-state index in [4.69, 9.17) is 5.73 Å². The smallest absolute Gasteiger partial charge is 0.0724 e. The van der Waals surface area contributed by atoms with Crippen LogP contribution in [0.25, 0.3) is 10.9 Å². The molecule has 3 heteroatoms. The number of hydrogen-bond acceptors (Lipinski definition) is 3. The molecule has 0 aliphatic heterocycles. The first-order valence-corrected chi connectivity index (χ1v) is 6.66. The highest BCUT2D eigenvalue weighted by atomic mass is 14.9. The van der Waals surface area contributed by atoms with Crippen molar-refractivity contribution in [2.45, 2.75) is 39.2 Å². The second kappa shape index (κ2) is 5.71. The van der Waals surface area contributed by atoms with E-state index in [0.717, 1.165) is 28.7 Å². The Morgan fingerprint density at radius 2 is 2.11 bits per heavy atom. The summed E-state index contributed by atoms with van der Waals surface area (Å²) >= 11 is 0. The summed E-state index contributed by atoms with van der Waals surface area (Å²) in [6.45, 7) is 4.41. The van der Waals surface area contributed by atoms with E-state index < -0.39 is 0 Å². The van der Waals surface area contributed by atoms with Gasteiger partial charge in [-0.05, 0) is 37.1 Å². The third-order valence-electron chi connectivity index (χ3n) is 3.32. The van der Waals surface area contributed by atoms with Gasteiger partial charge in [0.2, 0.25) is 0 Å². The minimum absolute atomic E-state index is 0.492. The zero-order valence-electron chi connectivity index (χ0n) is 11.1. The highest BCUT2D eigenvalue weighted by Crippen LogP contribution is 2.28. The first kappa shape index (κ1) is 12.7. The van der Waals surface area contributed by atoms with Gasteiger partial charge in [-0.1, -0.05) is 20.3 Å². The Bertz CT molecular complexity index is 522. The highest BCUT2D eigenvalue weighted by Gasteiger charge is 2.09. The summed E-state index contributed by atoms with van der Waals surface area (Å²) in [5.74, 6) is 0. The Balaban J connectivity index is 2.31. The average molecular weight is 243 g/mol. The molecule has 2 aromatic rings. The van der Waals surface area contributed by atoms with Crippen LogP contribution in [0.3, 0.4) is 0 Å². The Morgan fingerprint density at radius 3 is 2.83 bits per heavy atom. The highest BCUT2D eigenvalue weighted by molar-refractivity contribution is 5.96. The second-order valence-corrected chi connectivity index (χ2v) is 4.64. The zero-order chi connectivity index (χ0) is 13.0. The van der Waals surface area contributed by atoms with Crippen LogP contribution in [-0.4, -0.2) is 11.0 Å². The monoisotopic (exact) mass is 243 g/mol. The van der Waals surface area contributed by atoms with Crippen LogP contribution < -0.4 is 11.1 Å². The molecular formula is C15H21N3. The molecule has 0 radical (unpaired) electrons. The van der Waals surface area contributed by atoms with E-state index in [1.807, 2.05) is 24.3 Å². The molecule has 0 aliphatic carbocycles. The fourth-order valence-electron chi connectivity index (χ4n) is 2.25. The number of nitrogens with one attached hydrogen (secondary N) is 1. The quantitative estimate of drug-likeness (QED) is 0.785. The van der Waals surface area contributed by atoms with E-state index in [9.17, 15) is 0 Å². The molecule has 0 fully saturated rings. The standard InChI is InChI=1S/C15H21N3/c1-3-6-11(4-2)18-14-9-8-13-12(15(14)16)7-5-10-17-13/h5,7-11,18H,3-4,6,16H2,1-2H3. The van der Waals surface area contributed by atoms with Gasteiger partial charge < -0.3 is 11.1 Å². The molecule has 18 heavy (non-hydrogen) atoms. The molecule has 0 spiro atoms. The minimum Gasteiger partial charge on any atom is -0.397 e. The summed E-state index contributed by atoms with van der Waals surface area (Å²) in [5.41, 5.74) is 8.99. The third kappa shape index (κ3) is 2.55. The van der Waals surface area contributed by atoms with E-state index in [0.29, 0.717) is 6.04 Å². The molecule has 3 N–H and O–H groups in total. The number of fused-ring (bicyclic) bond motifs is 1. The van der Waals surface area contributed by atoms with Gasteiger partial charge in [0.05, 0.1) is 16.9 Å². The van der Waals surface area contributed by atoms with Gasteiger partial charge in [-0.2, -0.15) is 0 Å². The zero-order valence-corrected chi connectivity index (χ0v) is 11.1. The molecule has 1 aromatic heterocycles. The van der Waals surface area contributed by atoms with Crippen molar-refractivity contribution in [2.75, 3.05) is 11.1 Å². The lowest BCUT2D eigenvalue weighted by Gasteiger charge is -2.19. The Labute approximate surface area is 108 Å². The summed E-state index contributed by atoms with van der Waals surface area (Å²) in [6.07, 6.45) is 5.25. The second-order valence-electron chi connectivity index (χ2n) is 4.64. The molecule has 0 aliphatic rings. The maximum atomic E-state index is 6.22. The lowest BCUT2D eigenvalue weighted by Crippen LogP contribution is -2.18. The maximum Gasteiger partial charge on any atom is 0.0724 e. The molecule has 0 saturated carbocycles. The van der Waals surface area contributed by atoms with E-state index in [2.05, 4.69) is 24.1 Å². The number of hydrogen-bond donors (Lipinski definition) is 2. The van der Waals surface area contributed by atoms with E-state index in [1.54, 1.807) is 6.20 Å². The Morgan fingerprint density at radius 1 is 1.28 bits per heavy atom. The fraction of sp³-hybridized carbons (Fsp3) is 0.400.